The van der Waals surface area contributed by atoms with Crippen molar-refractivity contribution < 1.29 is 4.74 Å². The van der Waals surface area contributed by atoms with Gasteiger partial charge in [-0.3, -0.25) is 0 Å². The number of para-hydroxylation sites is 1. The van der Waals surface area contributed by atoms with Crippen LogP contribution in [0.5, 0.6) is 5.75 Å². The zero-order valence-electron chi connectivity index (χ0n) is 28.3. The number of rotatable bonds is 14. The van der Waals surface area contributed by atoms with E-state index in [0.29, 0.717) is 15.2 Å². The molecule has 0 amide bonds. The molecule has 0 N–H and O–H groups in total. The molecule has 1 saturated heterocycles. The Morgan fingerprint density at radius 2 is 1.23 bits per heavy atom. The second-order valence-electron chi connectivity index (χ2n) is 13.1. The van der Waals surface area contributed by atoms with Gasteiger partial charge in [0.1, 0.15) is 12.4 Å². The van der Waals surface area contributed by atoms with E-state index in [2.05, 4.69) is 146 Å². The predicted octanol–water partition coefficient (Wildman–Crippen LogP) is 10.8. The lowest BCUT2D eigenvalue weighted by Gasteiger charge is -2.38. The van der Waals surface area contributed by atoms with Crippen LogP contribution in [-0.4, -0.2) is 13.1 Å². The van der Waals surface area contributed by atoms with Crippen LogP contribution in [-0.2, 0) is 24.6 Å². The van der Waals surface area contributed by atoms with Crippen LogP contribution in [0.3, 0.4) is 0 Å². The molecule has 47 heavy (non-hydrogen) atoms. The van der Waals surface area contributed by atoms with Crippen molar-refractivity contribution in [3.63, 3.8) is 0 Å². The van der Waals surface area contributed by atoms with Crippen LogP contribution < -0.4 is 14.9 Å². The van der Waals surface area contributed by atoms with Crippen molar-refractivity contribution in [3.8, 4) is 5.75 Å². The van der Waals surface area contributed by atoms with Crippen LogP contribution in [0.25, 0.3) is 0 Å². The standard InChI is InChI=1S/C44H50NOP/c1-3-27-44(4-2,47-42-26-16-15-25-41(42)45-28-17-8-18-29-45)40-33-38(30-35-19-9-5-10-20-35)32-39(31-36-21-11-6-12-22-36)43(40)46-34-37-23-13-7-14-24-37/h5-7,9-16,19-26,32-33,47H,3-4,8,17-18,27-31,34H2,1-2H3. The monoisotopic (exact) mass is 639 g/mol. The molecule has 0 aromatic heterocycles. The fourth-order valence-corrected chi connectivity index (χ4v) is 9.22. The zero-order valence-corrected chi connectivity index (χ0v) is 29.3. The van der Waals surface area contributed by atoms with Crippen molar-refractivity contribution in [2.75, 3.05) is 18.0 Å². The number of benzene rings is 5. The van der Waals surface area contributed by atoms with Crippen molar-refractivity contribution in [3.05, 3.63) is 161 Å². The molecule has 5 aromatic carbocycles. The molecule has 0 radical (unpaired) electrons. The van der Waals surface area contributed by atoms with E-state index >= 15 is 0 Å². The van der Waals surface area contributed by atoms with E-state index in [1.807, 2.05) is 0 Å². The first kappa shape index (κ1) is 33.0. The summed E-state index contributed by atoms with van der Waals surface area (Å²) in [5.74, 6) is 1.09. The highest BCUT2D eigenvalue weighted by atomic mass is 31.1. The minimum Gasteiger partial charge on any atom is -0.488 e. The number of hydrogen-bond acceptors (Lipinski definition) is 2. The Kier molecular flexibility index (Phi) is 11.5. The van der Waals surface area contributed by atoms with Gasteiger partial charge in [0.15, 0.2) is 0 Å². The van der Waals surface area contributed by atoms with E-state index in [-0.39, 0.29) is 5.16 Å². The summed E-state index contributed by atoms with van der Waals surface area (Å²) in [4.78, 5) is 2.65. The summed E-state index contributed by atoms with van der Waals surface area (Å²) in [6.07, 6.45) is 8.98. The van der Waals surface area contributed by atoms with E-state index in [9.17, 15) is 0 Å². The number of piperidine rings is 1. The lowest BCUT2D eigenvalue weighted by atomic mass is 9.85. The Labute approximate surface area is 285 Å². The molecule has 5 aromatic rings. The molecule has 2 atom stereocenters. The van der Waals surface area contributed by atoms with Crippen molar-refractivity contribution in [1.29, 1.82) is 0 Å². The lowest BCUT2D eigenvalue weighted by molar-refractivity contribution is 0.295. The van der Waals surface area contributed by atoms with Gasteiger partial charge in [0.2, 0.25) is 0 Å². The van der Waals surface area contributed by atoms with Gasteiger partial charge >= 0.3 is 0 Å². The molecule has 0 aliphatic carbocycles. The summed E-state index contributed by atoms with van der Waals surface area (Å²) >= 11 is 0. The number of nitrogens with zero attached hydrogens (tertiary/aromatic N) is 1. The largest absolute Gasteiger partial charge is 0.488 e. The summed E-state index contributed by atoms with van der Waals surface area (Å²) in [6, 6.07) is 46.7. The fourth-order valence-electron chi connectivity index (χ4n) is 7.29. The second-order valence-corrected chi connectivity index (χ2v) is 14.9. The highest BCUT2D eigenvalue weighted by Crippen LogP contribution is 2.53. The number of anilines is 1. The van der Waals surface area contributed by atoms with Gasteiger partial charge in [0.25, 0.3) is 0 Å². The zero-order chi connectivity index (χ0) is 32.3. The van der Waals surface area contributed by atoms with Crippen LogP contribution in [0.15, 0.2) is 127 Å². The summed E-state index contributed by atoms with van der Waals surface area (Å²) in [5.41, 5.74) is 9.35. The van der Waals surface area contributed by atoms with Crippen LogP contribution >= 0.6 is 8.58 Å². The molecule has 1 aliphatic heterocycles. The van der Waals surface area contributed by atoms with Crippen molar-refractivity contribution in [2.45, 2.75) is 77.0 Å². The summed E-state index contributed by atoms with van der Waals surface area (Å²) in [7, 11) is 0.648. The minimum absolute atomic E-state index is 0.0369. The predicted molar refractivity (Wildman–Crippen MR) is 203 cm³/mol. The van der Waals surface area contributed by atoms with E-state index in [4.69, 9.17) is 4.74 Å². The van der Waals surface area contributed by atoms with Crippen molar-refractivity contribution in [2.24, 2.45) is 0 Å². The van der Waals surface area contributed by atoms with Gasteiger partial charge in [-0.25, -0.2) is 0 Å². The molecular formula is C44H50NOP. The van der Waals surface area contributed by atoms with Crippen LogP contribution in [0.1, 0.15) is 85.8 Å². The van der Waals surface area contributed by atoms with E-state index in [1.54, 1.807) is 0 Å². The SMILES string of the molecule is CCCC(CC)(Pc1ccccc1N1CCCCC1)c1cc(Cc2ccccc2)cc(Cc2ccccc2)c1OCc1ccccc1. The minimum atomic E-state index is -0.0369. The van der Waals surface area contributed by atoms with Gasteiger partial charge in [0, 0.05) is 35.9 Å². The Hall–Kier alpha value is -3.87. The maximum absolute atomic E-state index is 7.06. The fraction of sp³-hybridized carbons (Fsp3) is 0.318. The van der Waals surface area contributed by atoms with Gasteiger partial charge in [0.05, 0.1) is 0 Å². The Bertz CT molecular complexity index is 1680. The Balaban J connectivity index is 1.51. The highest BCUT2D eigenvalue weighted by Gasteiger charge is 2.35. The number of hydrogen-bond donors (Lipinski definition) is 0. The summed E-state index contributed by atoms with van der Waals surface area (Å²) < 4.78 is 7.06. The molecule has 242 valence electrons. The quantitative estimate of drug-likeness (QED) is 0.112. The molecule has 0 saturated carbocycles. The molecule has 1 fully saturated rings. The molecule has 1 heterocycles. The average Bonchev–Trinajstić information content (AvgIpc) is 3.13. The average molecular weight is 640 g/mol. The second kappa shape index (κ2) is 16.3. The maximum Gasteiger partial charge on any atom is 0.127 e. The van der Waals surface area contributed by atoms with Crippen LogP contribution in [0.4, 0.5) is 5.69 Å². The normalized spacial score (nSPS) is 14.7. The first-order valence-corrected chi connectivity index (χ1v) is 18.7. The molecule has 6 rings (SSSR count). The molecular weight excluding hydrogens is 589 g/mol. The third kappa shape index (κ3) is 8.35. The Morgan fingerprint density at radius 3 is 1.87 bits per heavy atom. The molecule has 1 aliphatic rings. The molecule has 2 nitrogen and oxygen atoms in total. The Morgan fingerprint density at radius 1 is 0.638 bits per heavy atom. The maximum atomic E-state index is 7.06. The molecule has 3 heteroatoms. The van der Waals surface area contributed by atoms with Crippen molar-refractivity contribution >= 4 is 19.6 Å². The smallest absolute Gasteiger partial charge is 0.127 e. The number of ether oxygens (including phenoxy) is 1. The molecule has 2 unspecified atom stereocenters. The van der Waals surface area contributed by atoms with Gasteiger partial charge in [-0.1, -0.05) is 150 Å². The third-order valence-corrected chi connectivity index (χ3v) is 11.8. The first-order valence-electron chi connectivity index (χ1n) is 17.7. The van der Waals surface area contributed by atoms with E-state index in [1.165, 1.54) is 63.6 Å². The third-order valence-electron chi connectivity index (χ3n) is 9.71. The van der Waals surface area contributed by atoms with Crippen molar-refractivity contribution in [1.82, 2.24) is 0 Å². The lowest BCUT2D eigenvalue weighted by Crippen LogP contribution is -2.33. The van der Waals surface area contributed by atoms with Gasteiger partial charge in [-0.2, -0.15) is 0 Å². The van der Waals surface area contributed by atoms with E-state index < -0.39 is 0 Å². The highest BCUT2D eigenvalue weighted by molar-refractivity contribution is 7.49. The topological polar surface area (TPSA) is 12.5 Å². The van der Waals surface area contributed by atoms with Gasteiger partial charge < -0.3 is 9.64 Å². The van der Waals surface area contributed by atoms with Gasteiger partial charge in [-0.15, -0.1) is 0 Å². The van der Waals surface area contributed by atoms with Gasteiger partial charge in [-0.05, 0) is 77.7 Å². The first-order chi connectivity index (χ1) is 23.2. The summed E-state index contributed by atoms with van der Waals surface area (Å²) in [5, 5.41) is 1.46. The summed E-state index contributed by atoms with van der Waals surface area (Å²) in [6.45, 7) is 7.65. The molecule has 0 bridgehead atoms. The van der Waals surface area contributed by atoms with Crippen LogP contribution in [0.2, 0.25) is 0 Å². The van der Waals surface area contributed by atoms with Crippen LogP contribution in [0, 0.1) is 0 Å². The molecule has 0 spiro atoms. The van der Waals surface area contributed by atoms with E-state index in [0.717, 1.165) is 50.9 Å².